The number of nitrogens with zero attached hydrogens (tertiary/aromatic N) is 2. The van der Waals surface area contributed by atoms with Crippen molar-refractivity contribution in [2.24, 2.45) is 0 Å². The molecule has 1 N–H and O–H groups in total. The first-order valence-corrected chi connectivity index (χ1v) is 7.44. The van der Waals surface area contributed by atoms with Gasteiger partial charge in [0.15, 0.2) is 0 Å². The first-order chi connectivity index (χ1) is 11.9. The van der Waals surface area contributed by atoms with E-state index in [9.17, 15) is 18.4 Å². The van der Waals surface area contributed by atoms with Crippen molar-refractivity contribution in [3.05, 3.63) is 59.7 Å². The van der Waals surface area contributed by atoms with Crippen molar-refractivity contribution in [1.82, 2.24) is 0 Å². The highest BCUT2D eigenvalue weighted by Gasteiger charge is 2.18. The zero-order valence-electron chi connectivity index (χ0n) is 13.4. The van der Waals surface area contributed by atoms with Gasteiger partial charge in [-0.2, -0.15) is 5.26 Å². The number of halogens is 2. The summed E-state index contributed by atoms with van der Waals surface area (Å²) in [5.74, 6) is -2.55. The Labute approximate surface area is 143 Å². The summed E-state index contributed by atoms with van der Waals surface area (Å²) >= 11 is 0. The molecule has 2 aromatic carbocycles. The van der Waals surface area contributed by atoms with Gasteiger partial charge in [-0.05, 0) is 24.3 Å². The Bertz CT molecular complexity index is 846. The minimum atomic E-state index is -0.884. The lowest BCUT2D eigenvalue weighted by Gasteiger charge is -2.21. The van der Waals surface area contributed by atoms with E-state index in [4.69, 9.17) is 5.26 Å². The first-order valence-electron chi connectivity index (χ1n) is 7.44. The number of hydrogen-bond acceptors (Lipinski definition) is 3. The Kier molecular flexibility index (Phi) is 5.79. The molecule has 0 aliphatic carbocycles. The van der Waals surface area contributed by atoms with Crippen molar-refractivity contribution >= 4 is 23.2 Å². The standard InChI is InChI=1S/C18H15F2N3O2/c1-12(24)23(17-7-6-14(19)10-15(17)20)9-8-18(25)22-16-5-3-2-4-13(16)11-21/h2-7,10H,8-9H2,1H3,(H,22,25). The molecule has 0 saturated heterocycles. The van der Waals surface area contributed by atoms with E-state index in [1.165, 1.54) is 6.92 Å². The van der Waals surface area contributed by atoms with Crippen LogP contribution in [0.25, 0.3) is 0 Å². The maximum Gasteiger partial charge on any atom is 0.226 e. The molecule has 0 aliphatic rings. The topological polar surface area (TPSA) is 73.2 Å². The molecule has 0 bridgehead atoms. The zero-order chi connectivity index (χ0) is 18.4. The van der Waals surface area contributed by atoms with Gasteiger partial charge in [-0.3, -0.25) is 9.59 Å². The number of benzene rings is 2. The number of carbonyl (C=O) groups excluding carboxylic acids is 2. The van der Waals surface area contributed by atoms with Gasteiger partial charge in [-0.25, -0.2) is 8.78 Å². The normalized spacial score (nSPS) is 10.0. The van der Waals surface area contributed by atoms with Gasteiger partial charge in [-0.1, -0.05) is 12.1 Å². The van der Waals surface area contributed by atoms with E-state index in [-0.39, 0.29) is 18.7 Å². The molecule has 7 heteroatoms. The van der Waals surface area contributed by atoms with E-state index in [0.29, 0.717) is 17.3 Å². The van der Waals surface area contributed by atoms with Crippen LogP contribution >= 0.6 is 0 Å². The van der Waals surface area contributed by atoms with Crippen molar-refractivity contribution in [2.75, 3.05) is 16.8 Å². The molecule has 0 saturated carbocycles. The molecule has 0 heterocycles. The van der Waals surface area contributed by atoms with Crippen LogP contribution in [0.1, 0.15) is 18.9 Å². The van der Waals surface area contributed by atoms with Crippen LogP contribution in [0.15, 0.2) is 42.5 Å². The first kappa shape index (κ1) is 18.1. The molecule has 5 nitrogen and oxygen atoms in total. The van der Waals surface area contributed by atoms with Crippen LogP contribution in [0.2, 0.25) is 0 Å². The molecule has 2 rings (SSSR count). The van der Waals surface area contributed by atoms with Gasteiger partial charge in [0.2, 0.25) is 11.8 Å². The number of carbonyl (C=O) groups is 2. The Morgan fingerprint density at radius 2 is 1.92 bits per heavy atom. The van der Waals surface area contributed by atoms with Crippen molar-refractivity contribution in [1.29, 1.82) is 5.26 Å². The highest BCUT2D eigenvalue weighted by Crippen LogP contribution is 2.21. The molecule has 2 amide bonds. The number of hydrogen-bond donors (Lipinski definition) is 1. The fraction of sp³-hybridized carbons (Fsp3) is 0.167. The number of rotatable bonds is 5. The van der Waals surface area contributed by atoms with Crippen LogP contribution in [0.3, 0.4) is 0 Å². The average Bonchev–Trinajstić information content (AvgIpc) is 2.57. The SMILES string of the molecule is CC(=O)N(CCC(=O)Nc1ccccc1C#N)c1ccc(F)cc1F. The molecule has 2 aromatic rings. The second-order valence-corrected chi connectivity index (χ2v) is 5.22. The summed E-state index contributed by atoms with van der Waals surface area (Å²) in [6, 6.07) is 11.3. The smallest absolute Gasteiger partial charge is 0.226 e. The van der Waals surface area contributed by atoms with Gasteiger partial charge in [-0.15, -0.1) is 0 Å². The third kappa shape index (κ3) is 4.61. The Hall–Kier alpha value is -3.27. The average molecular weight is 343 g/mol. The quantitative estimate of drug-likeness (QED) is 0.906. The Morgan fingerprint density at radius 1 is 1.20 bits per heavy atom. The number of anilines is 2. The molecule has 0 unspecified atom stereocenters. The van der Waals surface area contributed by atoms with Gasteiger partial charge in [0.1, 0.15) is 17.7 Å². The Balaban J connectivity index is 2.07. The molecule has 0 radical (unpaired) electrons. The predicted molar refractivity (Wildman–Crippen MR) is 88.8 cm³/mol. The van der Waals surface area contributed by atoms with E-state index in [0.717, 1.165) is 17.0 Å². The van der Waals surface area contributed by atoms with E-state index < -0.39 is 23.4 Å². The van der Waals surface area contributed by atoms with Crippen LogP contribution in [-0.4, -0.2) is 18.4 Å². The third-order valence-electron chi connectivity index (χ3n) is 3.46. The molecule has 128 valence electrons. The van der Waals surface area contributed by atoms with Gasteiger partial charge in [0, 0.05) is 26.0 Å². The summed E-state index contributed by atoms with van der Waals surface area (Å²) in [6.45, 7) is 1.14. The second-order valence-electron chi connectivity index (χ2n) is 5.22. The van der Waals surface area contributed by atoms with Crippen molar-refractivity contribution in [2.45, 2.75) is 13.3 Å². The summed E-state index contributed by atoms with van der Waals surface area (Å²) in [5, 5.41) is 11.6. The van der Waals surface area contributed by atoms with Crippen molar-refractivity contribution in [3.8, 4) is 6.07 Å². The van der Waals surface area contributed by atoms with Crippen molar-refractivity contribution in [3.63, 3.8) is 0 Å². The highest BCUT2D eigenvalue weighted by atomic mass is 19.1. The fourth-order valence-electron chi connectivity index (χ4n) is 2.26. The summed E-state index contributed by atoms with van der Waals surface area (Å²) in [4.78, 5) is 24.9. The number of para-hydroxylation sites is 1. The molecule has 25 heavy (non-hydrogen) atoms. The fourth-order valence-corrected chi connectivity index (χ4v) is 2.26. The lowest BCUT2D eigenvalue weighted by molar-refractivity contribution is -0.117. The molecule has 0 spiro atoms. The summed E-state index contributed by atoms with van der Waals surface area (Å²) in [5.41, 5.74) is 0.570. The second kappa shape index (κ2) is 8.02. The summed E-state index contributed by atoms with van der Waals surface area (Å²) < 4.78 is 26.9. The minimum Gasteiger partial charge on any atom is -0.325 e. The van der Waals surface area contributed by atoms with E-state index >= 15 is 0 Å². The van der Waals surface area contributed by atoms with Gasteiger partial charge >= 0.3 is 0 Å². The largest absolute Gasteiger partial charge is 0.325 e. The van der Waals surface area contributed by atoms with Crippen LogP contribution in [0.5, 0.6) is 0 Å². The predicted octanol–water partition coefficient (Wildman–Crippen LogP) is 3.22. The monoisotopic (exact) mass is 343 g/mol. The van der Waals surface area contributed by atoms with Gasteiger partial charge in [0.25, 0.3) is 0 Å². The lowest BCUT2D eigenvalue weighted by atomic mass is 10.2. The molecule has 0 fully saturated rings. The molecular weight excluding hydrogens is 328 g/mol. The molecule has 0 aromatic heterocycles. The number of amides is 2. The summed E-state index contributed by atoms with van der Waals surface area (Å²) in [6.07, 6.45) is -0.115. The maximum atomic E-state index is 13.9. The van der Waals surface area contributed by atoms with Crippen LogP contribution in [0, 0.1) is 23.0 Å². The van der Waals surface area contributed by atoms with E-state index in [1.807, 2.05) is 6.07 Å². The van der Waals surface area contributed by atoms with Gasteiger partial charge < -0.3 is 10.2 Å². The molecular formula is C18H15F2N3O2. The molecule has 0 atom stereocenters. The van der Waals surface area contributed by atoms with Crippen LogP contribution in [0.4, 0.5) is 20.2 Å². The number of nitriles is 1. The number of nitrogens with one attached hydrogen (secondary N) is 1. The van der Waals surface area contributed by atoms with Gasteiger partial charge in [0.05, 0.1) is 16.9 Å². The maximum absolute atomic E-state index is 13.9. The van der Waals surface area contributed by atoms with Crippen LogP contribution in [-0.2, 0) is 9.59 Å². The molecule has 0 aliphatic heterocycles. The highest BCUT2D eigenvalue weighted by molar-refractivity contribution is 5.95. The minimum absolute atomic E-state index is 0.0849. The zero-order valence-corrected chi connectivity index (χ0v) is 13.4. The third-order valence-corrected chi connectivity index (χ3v) is 3.46. The summed E-state index contributed by atoms with van der Waals surface area (Å²) in [7, 11) is 0. The van der Waals surface area contributed by atoms with E-state index in [2.05, 4.69) is 5.32 Å². The Morgan fingerprint density at radius 3 is 2.56 bits per heavy atom. The van der Waals surface area contributed by atoms with Crippen molar-refractivity contribution < 1.29 is 18.4 Å². The lowest BCUT2D eigenvalue weighted by Crippen LogP contribution is -2.32. The van der Waals surface area contributed by atoms with Crippen LogP contribution < -0.4 is 10.2 Å². The van der Waals surface area contributed by atoms with E-state index in [1.54, 1.807) is 24.3 Å².